The van der Waals surface area contributed by atoms with Crippen LogP contribution in [0.5, 0.6) is 0 Å². The second-order valence-corrected chi connectivity index (χ2v) is 5.56. The lowest BCUT2D eigenvalue weighted by Crippen LogP contribution is -2.11. The molecule has 0 heterocycles. The van der Waals surface area contributed by atoms with Gasteiger partial charge in [0.2, 0.25) is 6.08 Å². The molecule has 0 unspecified atom stereocenters. The zero-order valence-corrected chi connectivity index (χ0v) is 10.1. The van der Waals surface area contributed by atoms with E-state index in [9.17, 15) is 4.79 Å². The van der Waals surface area contributed by atoms with Crippen LogP contribution in [-0.2, 0) is 15.7 Å². The number of aliphatic imine (C=N–C) groups is 1. The summed E-state index contributed by atoms with van der Waals surface area (Å²) < 4.78 is 0. The Labute approximate surface area is 96.4 Å². The topological polar surface area (TPSA) is 29.4 Å². The molecule has 1 fully saturated rings. The second kappa shape index (κ2) is 3.57. The van der Waals surface area contributed by atoms with Crippen molar-refractivity contribution in [1.82, 2.24) is 0 Å². The molecule has 2 heteroatoms. The lowest BCUT2D eigenvalue weighted by Gasteiger charge is -2.19. The fourth-order valence-electron chi connectivity index (χ4n) is 1.95. The summed E-state index contributed by atoms with van der Waals surface area (Å²) in [5.41, 5.74) is 2.38. The van der Waals surface area contributed by atoms with Crippen LogP contribution in [0.3, 0.4) is 0 Å². The molecular formula is C14H17NO. The summed E-state index contributed by atoms with van der Waals surface area (Å²) in [6.45, 7) is 6.58. The molecule has 1 aromatic carbocycles. The average molecular weight is 215 g/mol. The van der Waals surface area contributed by atoms with E-state index in [0.717, 1.165) is 18.4 Å². The molecule has 0 spiro atoms. The van der Waals surface area contributed by atoms with Crippen molar-refractivity contribution in [3.05, 3.63) is 35.4 Å². The molecule has 0 radical (unpaired) electrons. The number of nitrogens with zero attached hydrogens (tertiary/aromatic N) is 1. The largest absolute Gasteiger partial charge is 0.235 e. The highest BCUT2D eigenvalue weighted by Crippen LogP contribution is 2.49. The summed E-state index contributed by atoms with van der Waals surface area (Å²) in [5.74, 6) is 0. The van der Waals surface area contributed by atoms with Gasteiger partial charge in [-0.3, -0.25) is 0 Å². The summed E-state index contributed by atoms with van der Waals surface area (Å²) >= 11 is 0. The molecule has 16 heavy (non-hydrogen) atoms. The predicted molar refractivity (Wildman–Crippen MR) is 64.2 cm³/mol. The Hall–Kier alpha value is -1.40. The molecule has 0 N–H and O–H groups in total. The van der Waals surface area contributed by atoms with E-state index in [0.29, 0.717) is 0 Å². The molecule has 84 valence electrons. The standard InChI is InChI=1S/C14H17NO/c1-13(2,3)11-4-6-12(7-5-11)14(8-9-14)15-10-16/h4-7H,8-9H2,1-3H3. The highest BCUT2D eigenvalue weighted by molar-refractivity contribution is 5.42. The van der Waals surface area contributed by atoms with Crippen LogP contribution in [0.25, 0.3) is 0 Å². The number of rotatable bonds is 2. The third-order valence-electron chi connectivity index (χ3n) is 3.27. The van der Waals surface area contributed by atoms with Crippen LogP contribution < -0.4 is 0 Å². The number of hydrogen-bond donors (Lipinski definition) is 0. The van der Waals surface area contributed by atoms with E-state index in [1.807, 2.05) is 0 Å². The first-order valence-electron chi connectivity index (χ1n) is 5.68. The van der Waals surface area contributed by atoms with Crippen molar-refractivity contribution in [2.75, 3.05) is 0 Å². The molecule has 0 bridgehead atoms. The van der Waals surface area contributed by atoms with Crippen LogP contribution in [0.4, 0.5) is 0 Å². The van der Waals surface area contributed by atoms with Gasteiger partial charge in [-0.25, -0.2) is 4.79 Å². The SMILES string of the molecule is CC(C)(C)c1ccc(C2(N=C=O)CC2)cc1. The van der Waals surface area contributed by atoms with Gasteiger partial charge >= 0.3 is 0 Å². The maximum absolute atomic E-state index is 10.4. The molecule has 0 saturated heterocycles. The normalized spacial score (nSPS) is 17.7. The minimum atomic E-state index is -0.238. The van der Waals surface area contributed by atoms with E-state index < -0.39 is 0 Å². The molecule has 2 nitrogen and oxygen atoms in total. The first-order valence-corrected chi connectivity index (χ1v) is 5.68. The molecule has 0 aliphatic heterocycles. The Kier molecular flexibility index (Phi) is 2.47. The fraction of sp³-hybridized carbons (Fsp3) is 0.500. The first-order chi connectivity index (χ1) is 7.48. The molecule has 1 aliphatic carbocycles. The molecule has 1 aromatic rings. The Balaban J connectivity index is 2.30. The maximum Gasteiger partial charge on any atom is 0.235 e. The molecular weight excluding hydrogens is 198 g/mol. The quantitative estimate of drug-likeness (QED) is 0.549. The summed E-state index contributed by atoms with van der Waals surface area (Å²) in [6, 6.07) is 8.45. The van der Waals surface area contributed by atoms with Crippen molar-refractivity contribution in [1.29, 1.82) is 0 Å². The Morgan fingerprint density at radius 1 is 1.19 bits per heavy atom. The molecule has 0 aromatic heterocycles. The van der Waals surface area contributed by atoms with Crippen LogP contribution >= 0.6 is 0 Å². The third-order valence-corrected chi connectivity index (χ3v) is 3.27. The Morgan fingerprint density at radius 2 is 1.75 bits per heavy atom. The van der Waals surface area contributed by atoms with Gasteiger partial charge in [0.05, 0.1) is 5.54 Å². The zero-order chi connectivity index (χ0) is 11.8. The van der Waals surface area contributed by atoms with Gasteiger partial charge in [-0.1, -0.05) is 45.0 Å². The van der Waals surface area contributed by atoms with E-state index in [-0.39, 0.29) is 11.0 Å². The van der Waals surface area contributed by atoms with Crippen molar-refractivity contribution in [2.24, 2.45) is 4.99 Å². The highest BCUT2D eigenvalue weighted by atomic mass is 16.1. The smallest absolute Gasteiger partial charge is 0.211 e. The fourth-order valence-corrected chi connectivity index (χ4v) is 1.95. The lowest BCUT2D eigenvalue weighted by atomic mass is 9.86. The summed E-state index contributed by atoms with van der Waals surface area (Å²) in [6.07, 6.45) is 3.63. The van der Waals surface area contributed by atoms with E-state index in [4.69, 9.17) is 0 Å². The zero-order valence-electron chi connectivity index (χ0n) is 10.1. The van der Waals surface area contributed by atoms with Gasteiger partial charge in [0.1, 0.15) is 0 Å². The average Bonchev–Trinajstić information content (AvgIpc) is 2.99. The lowest BCUT2D eigenvalue weighted by molar-refractivity contribution is 0.556. The second-order valence-electron chi connectivity index (χ2n) is 5.56. The third kappa shape index (κ3) is 1.94. The summed E-state index contributed by atoms with van der Waals surface area (Å²) in [4.78, 5) is 14.3. The summed E-state index contributed by atoms with van der Waals surface area (Å²) in [5, 5.41) is 0. The molecule has 1 aliphatic rings. The van der Waals surface area contributed by atoms with E-state index in [1.54, 1.807) is 6.08 Å². The molecule has 0 atom stereocenters. The monoisotopic (exact) mass is 215 g/mol. The van der Waals surface area contributed by atoms with Gasteiger partial charge < -0.3 is 0 Å². The first kappa shape index (κ1) is 11.1. The molecule has 2 rings (SSSR count). The highest BCUT2D eigenvalue weighted by Gasteiger charge is 2.44. The number of hydrogen-bond acceptors (Lipinski definition) is 2. The van der Waals surface area contributed by atoms with Gasteiger partial charge in [0.25, 0.3) is 0 Å². The molecule has 1 saturated carbocycles. The number of benzene rings is 1. The minimum Gasteiger partial charge on any atom is -0.211 e. The van der Waals surface area contributed by atoms with Crippen molar-refractivity contribution in [3.8, 4) is 0 Å². The van der Waals surface area contributed by atoms with Crippen LogP contribution in [0, 0.1) is 0 Å². The van der Waals surface area contributed by atoms with Crippen LogP contribution in [-0.4, -0.2) is 6.08 Å². The van der Waals surface area contributed by atoms with Crippen LogP contribution in [0.1, 0.15) is 44.7 Å². The van der Waals surface area contributed by atoms with E-state index in [2.05, 4.69) is 50.0 Å². The predicted octanol–water partition coefficient (Wildman–Crippen LogP) is 3.31. The molecule has 0 amide bonds. The maximum atomic E-state index is 10.4. The van der Waals surface area contributed by atoms with Crippen molar-refractivity contribution in [2.45, 2.75) is 44.6 Å². The van der Waals surface area contributed by atoms with Crippen LogP contribution in [0.15, 0.2) is 29.3 Å². The summed E-state index contributed by atoms with van der Waals surface area (Å²) in [7, 11) is 0. The van der Waals surface area contributed by atoms with Gasteiger partial charge in [-0.2, -0.15) is 4.99 Å². The Morgan fingerprint density at radius 3 is 2.12 bits per heavy atom. The van der Waals surface area contributed by atoms with Crippen LogP contribution in [0.2, 0.25) is 0 Å². The minimum absolute atomic E-state index is 0.170. The van der Waals surface area contributed by atoms with E-state index in [1.165, 1.54) is 5.56 Å². The van der Waals surface area contributed by atoms with E-state index >= 15 is 0 Å². The Bertz CT molecular complexity index is 429. The van der Waals surface area contributed by atoms with Crippen molar-refractivity contribution in [3.63, 3.8) is 0 Å². The van der Waals surface area contributed by atoms with Gasteiger partial charge in [0, 0.05) is 0 Å². The van der Waals surface area contributed by atoms with Gasteiger partial charge in [-0.05, 0) is 29.4 Å². The number of isocyanates is 1. The number of carbonyl (C=O) groups excluding carboxylic acids is 1. The van der Waals surface area contributed by atoms with Gasteiger partial charge in [0.15, 0.2) is 0 Å². The van der Waals surface area contributed by atoms with Gasteiger partial charge in [-0.15, -0.1) is 0 Å². The van der Waals surface area contributed by atoms with Crippen molar-refractivity contribution >= 4 is 6.08 Å². The van der Waals surface area contributed by atoms with Crippen molar-refractivity contribution < 1.29 is 4.79 Å².